The Hall–Kier alpha value is -1.62. The molecule has 0 aliphatic carbocycles. The molecule has 5 heteroatoms. The minimum absolute atomic E-state index is 0.156. The summed E-state index contributed by atoms with van der Waals surface area (Å²) in [5.74, 6) is -0.313. The lowest BCUT2D eigenvalue weighted by molar-refractivity contribution is -0.164. The highest BCUT2D eigenvalue weighted by atomic mass is 16.6. The second-order valence-electron chi connectivity index (χ2n) is 13.9. The van der Waals surface area contributed by atoms with Gasteiger partial charge >= 0.3 is 11.9 Å². The third kappa shape index (κ3) is 26.4. The van der Waals surface area contributed by atoms with E-state index >= 15 is 0 Å². The number of likely N-dealkylation sites (tertiary alicyclic amines) is 1. The molecule has 0 spiro atoms. The molecule has 0 aromatic heterocycles. The van der Waals surface area contributed by atoms with Gasteiger partial charge in [0.25, 0.3) is 0 Å². The molecule has 1 heterocycles. The lowest BCUT2D eigenvalue weighted by Gasteiger charge is -2.19. The Bertz CT molecular complexity index is 702. The molecule has 268 valence electrons. The molecule has 0 bridgehead atoms. The second kappa shape index (κ2) is 32.0. The summed E-state index contributed by atoms with van der Waals surface area (Å²) in [4.78, 5) is 27.1. The molecule has 1 unspecified atom stereocenters. The van der Waals surface area contributed by atoms with Crippen LogP contribution in [-0.4, -0.2) is 49.2 Å². The van der Waals surface area contributed by atoms with Gasteiger partial charge in [-0.25, -0.2) is 0 Å². The van der Waals surface area contributed by atoms with E-state index in [4.69, 9.17) is 9.47 Å². The highest BCUT2D eigenvalue weighted by Crippen LogP contribution is 2.19. The third-order valence-corrected chi connectivity index (χ3v) is 9.25. The normalized spacial score (nSPS) is 17.0. The molecule has 0 N–H and O–H groups in total. The first-order chi connectivity index (χ1) is 22.6. The number of carbonyl (C=O) groups excluding carboxylic acids is 2. The van der Waals surface area contributed by atoms with Crippen molar-refractivity contribution in [2.24, 2.45) is 0 Å². The maximum absolute atomic E-state index is 12.5. The summed E-state index contributed by atoms with van der Waals surface area (Å²) >= 11 is 0. The Labute approximate surface area is 285 Å². The van der Waals surface area contributed by atoms with Gasteiger partial charge in [0, 0.05) is 25.9 Å². The number of unbranched alkanes of at least 4 members (excludes halogenated alkanes) is 22. The zero-order chi connectivity index (χ0) is 33.3. The number of ether oxygens (including phenoxy) is 2. The summed E-state index contributed by atoms with van der Waals surface area (Å²) in [5.41, 5.74) is 0. The van der Waals surface area contributed by atoms with E-state index in [1.165, 1.54) is 141 Å². The van der Waals surface area contributed by atoms with E-state index < -0.39 is 0 Å². The van der Waals surface area contributed by atoms with Gasteiger partial charge in [0.05, 0.1) is 0 Å². The number of esters is 2. The van der Waals surface area contributed by atoms with Gasteiger partial charge in [0.2, 0.25) is 0 Å². The number of hydrogen-bond acceptors (Lipinski definition) is 5. The monoisotopic (exact) mass is 646 g/mol. The van der Waals surface area contributed by atoms with Crippen molar-refractivity contribution in [3.05, 3.63) is 24.3 Å². The van der Waals surface area contributed by atoms with Crippen LogP contribution < -0.4 is 0 Å². The molecule has 2 atom stereocenters. The molecule has 1 aliphatic rings. The molecule has 1 fully saturated rings. The van der Waals surface area contributed by atoms with Gasteiger partial charge < -0.3 is 9.47 Å². The number of allylic oxidation sites excluding steroid dienone is 4. The van der Waals surface area contributed by atoms with Crippen molar-refractivity contribution in [1.82, 2.24) is 4.90 Å². The summed E-state index contributed by atoms with van der Waals surface area (Å²) in [7, 11) is 1.99. The largest absolute Gasteiger partial charge is 0.457 e. The number of rotatable bonds is 32. The van der Waals surface area contributed by atoms with E-state index in [-0.39, 0.29) is 24.1 Å². The maximum atomic E-state index is 12.5. The van der Waals surface area contributed by atoms with Crippen molar-refractivity contribution in [3.63, 3.8) is 0 Å². The third-order valence-electron chi connectivity index (χ3n) is 9.25. The van der Waals surface area contributed by atoms with Crippen LogP contribution in [0.25, 0.3) is 0 Å². The first-order valence-corrected chi connectivity index (χ1v) is 19.9. The summed E-state index contributed by atoms with van der Waals surface area (Å²) < 4.78 is 11.5. The first-order valence-electron chi connectivity index (χ1n) is 19.9. The maximum Gasteiger partial charge on any atom is 0.306 e. The van der Waals surface area contributed by atoms with Crippen molar-refractivity contribution in [3.8, 4) is 0 Å². The Kier molecular flexibility index (Phi) is 29.5. The van der Waals surface area contributed by atoms with E-state index in [2.05, 4.69) is 43.1 Å². The van der Waals surface area contributed by atoms with Gasteiger partial charge in [-0.3, -0.25) is 14.5 Å². The molecule has 0 aromatic carbocycles. The van der Waals surface area contributed by atoms with Crippen LogP contribution in [0.5, 0.6) is 0 Å². The van der Waals surface area contributed by atoms with Crippen molar-refractivity contribution >= 4 is 11.9 Å². The summed E-state index contributed by atoms with van der Waals surface area (Å²) in [6, 6.07) is 0. The van der Waals surface area contributed by atoms with Gasteiger partial charge in [0.1, 0.15) is 0 Å². The standard InChI is InChI=1S/C41H75NO4/c1-4-6-8-10-12-14-16-18-20-22-24-26-28-30-32-34-40(43)45-38-36-42(3)37-39(38)46-41(44)35-33-31-29-27-25-23-21-19-17-15-13-11-9-7-5-2/h18-21,38-39H,4-17,22-37H2,1-3H3/t38-,39?/m1/s1. The molecule has 5 nitrogen and oxygen atoms in total. The van der Waals surface area contributed by atoms with Crippen LogP contribution in [0.15, 0.2) is 24.3 Å². The highest BCUT2D eigenvalue weighted by molar-refractivity contribution is 5.70. The topological polar surface area (TPSA) is 55.8 Å². The predicted molar refractivity (Wildman–Crippen MR) is 196 cm³/mol. The number of likely N-dealkylation sites (N-methyl/N-ethyl adjacent to an activating group) is 1. The molecule has 0 amide bonds. The van der Waals surface area contributed by atoms with Crippen molar-refractivity contribution in [2.75, 3.05) is 20.1 Å². The quantitative estimate of drug-likeness (QED) is 0.0414. The van der Waals surface area contributed by atoms with E-state index in [1.807, 2.05) is 7.05 Å². The highest BCUT2D eigenvalue weighted by Gasteiger charge is 2.36. The van der Waals surface area contributed by atoms with Crippen LogP contribution in [0, 0.1) is 0 Å². The number of hydrogen-bond donors (Lipinski definition) is 0. The molecular weight excluding hydrogens is 570 g/mol. The lowest BCUT2D eigenvalue weighted by atomic mass is 10.1. The fraction of sp³-hybridized carbons (Fsp3) is 0.854. The fourth-order valence-corrected chi connectivity index (χ4v) is 6.29. The molecule has 1 saturated heterocycles. The Morgan fingerprint density at radius 3 is 1.09 bits per heavy atom. The number of carbonyl (C=O) groups is 2. The van der Waals surface area contributed by atoms with Crippen LogP contribution >= 0.6 is 0 Å². The Morgan fingerprint density at radius 2 is 0.761 bits per heavy atom. The molecule has 46 heavy (non-hydrogen) atoms. The van der Waals surface area contributed by atoms with E-state index in [9.17, 15) is 9.59 Å². The lowest BCUT2D eigenvalue weighted by Crippen LogP contribution is -2.33. The molecule has 0 radical (unpaired) electrons. The van der Waals surface area contributed by atoms with Crippen molar-refractivity contribution < 1.29 is 19.1 Å². The average molecular weight is 646 g/mol. The van der Waals surface area contributed by atoms with E-state index in [1.54, 1.807) is 0 Å². The Morgan fingerprint density at radius 1 is 0.478 bits per heavy atom. The van der Waals surface area contributed by atoms with Crippen LogP contribution in [0.2, 0.25) is 0 Å². The van der Waals surface area contributed by atoms with Crippen LogP contribution in [-0.2, 0) is 19.1 Å². The summed E-state index contributed by atoms with van der Waals surface area (Å²) in [6.07, 6.45) is 41.9. The second-order valence-corrected chi connectivity index (χ2v) is 13.9. The van der Waals surface area contributed by atoms with Gasteiger partial charge in [0.15, 0.2) is 12.2 Å². The van der Waals surface area contributed by atoms with Gasteiger partial charge in [-0.1, -0.05) is 141 Å². The van der Waals surface area contributed by atoms with Crippen molar-refractivity contribution in [1.29, 1.82) is 0 Å². The summed E-state index contributed by atoms with van der Waals surface area (Å²) in [6.45, 7) is 5.79. The molecular formula is C41H75NO4. The number of nitrogens with zero attached hydrogens (tertiary/aromatic N) is 1. The van der Waals surface area contributed by atoms with Crippen LogP contribution in [0.3, 0.4) is 0 Å². The molecule has 1 aliphatic heterocycles. The van der Waals surface area contributed by atoms with Crippen LogP contribution in [0.4, 0.5) is 0 Å². The van der Waals surface area contributed by atoms with Gasteiger partial charge in [-0.15, -0.1) is 0 Å². The SMILES string of the molecule is CCCCCCCCC=CCCCCCCCC(=O)OC1CN(C)C[C@H]1OC(=O)CCCCCCCC=CCCCCCCCC. The summed E-state index contributed by atoms with van der Waals surface area (Å²) in [5, 5.41) is 0. The zero-order valence-corrected chi connectivity index (χ0v) is 30.8. The minimum Gasteiger partial charge on any atom is -0.457 e. The molecule has 1 rings (SSSR count). The van der Waals surface area contributed by atoms with E-state index in [0.29, 0.717) is 25.9 Å². The van der Waals surface area contributed by atoms with Crippen LogP contribution in [0.1, 0.15) is 194 Å². The predicted octanol–water partition coefficient (Wildman–Crippen LogP) is 11.8. The van der Waals surface area contributed by atoms with Crippen molar-refractivity contribution in [2.45, 2.75) is 206 Å². The van der Waals surface area contributed by atoms with Gasteiger partial charge in [-0.2, -0.15) is 0 Å². The smallest absolute Gasteiger partial charge is 0.306 e. The fourth-order valence-electron chi connectivity index (χ4n) is 6.29. The van der Waals surface area contributed by atoms with E-state index in [0.717, 1.165) is 25.7 Å². The molecule has 0 aromatic rings. The molecule has 0 saturated carbocycles. The van der Waals surface area contributed by atoms with Gasteiger partial charge in [-0.05, 0) is 71.3 Å². The Balaban J connectivity index is 2.01. The average Bonchev–Trinajstić information content (AvgIpc) is 3.38. The zero-order valence-electron chi connectivity index (χ0n) is 30.8. The first kappa shape index (κ1) is 42.4. The minimum atomic E-state index is -0.348.